The number of carbonyl (C=O) groups excluding carboxylic acids is 11. The molecule has 0 saturated carbocycles. The summed E-state index contributed by atoms with van der Waals surface area (Å²) in [5.41, 5.74) is 35.7. The third-order valence-electron chi connectivity index (χ3n) is 12.2. The van der Waals surface area contributed by atoms with Gasteiger partial charge in [-0.3, -0.25) is 57.7 Å². The minimum atomic E-state index is -1.78. The molecule has 76 heavy (non-hydrogen) atoms. The van der Waals surface area contributed by atoms with E-state index in [1.807, 2.05) is 19.1 Å². The molecule has 26 nitrogen and oxygen atoms in total. The average molecular weight is 1100 g/mol. The van der Waals surface area contributed by atoms with Crippen LogP contribution in [-0.2, 0) is 72.0 Å². The molecule has 2 heterocycles. The number of nitrogens with two attached hydrogens (primary N) is 6. The van der Waals surface area contributed by atoms with Crippen molar-refractivity contribution in [3.05, 3.63) is 71.3 Å². The fourth-order valence-corrected chi connectivity index (χ4v) is 10.5. The summed E-state index contributed by atoms with van der Waals surface area (Å²) in [6, 6.07) is 4.66. The van der Waals surface area contributed by atoms with Crippen LogP contribution < -0.4 is 71.6 Å². The van der Waals surface area contributed by atoms with Gasteiger partial charge < -0.3 is 76.5 Å². The van der Waals surface area contributed by atoms with E-state index in [1.165, 1.54) is 4.90 Å². The van der Waals surface area contributed by atoms with Gasteiger partial charge >= 0.3 is 0 Å². The number of nitrogens with zero attached hydrogens (tertiary/aromatic N) is 2. The van der Waals surface area contributed by atoms with Gasteiger partial charge in [0, 0.05) is 43.9 Å². The SMILES string of the molecule is CCc1ccccc1C[C@@H]1NC(=O)[C@@H](N)CSSC[C@@H](C(=O)N2CCC[C@H]2C(=O)N[C@H](CCCN=C(N)N)C(=O)NCC(N)=O)NC(=O)[C@H](CC(N)=O)NC(=O)[C@H](CCC(N)=O)NC(=O)[C@H](Cc2ccccc2)NC1=O. The Kier molecular flexibility index (Phi) is 24.8. The highest BCUT2D eigenvalue weighted by Gasteiger charge is 2.41. The molecule has 0 radical (unpaired) electrons. The molecular weight excluding hydrogens is 1030 g/mol. The van der Waals surface area contributed by atoms with Gasteiger partial charge in [0.05, 0.1) is 19.0 Å². The first kappa shape index (κ1) is 61.1. The van der Waals surface area contributed by atoms with Gasteiger partial charge in [0.1, 0.15) is 42.3 Å². The molecule has 4 rings (SSSR count). The van der Waals surface area contributed by atoms with Crippen molar-refractivity contribution < 1.29 is 52.7 Å². The standard InChI is InChI=1S/C48H69N15O11S2/c1-2-27-12-6-7-13-28(27)21-33-44(71)60-32(20-26-10-4-3-5-11-26)43(70)57-31(16-17-37(50)64)42(69)61-34(22-38(51)65)45(72)62-35(25-76-75-24-29(49)40(67)59-33)47(74)63-19-9-15-36(63)46(73)58-30(14-8-18-55-48(53)54)41(68)56-23-39(52)66/h3-7,10-13,29-36H,2,8-9,14-25,49H2,1H3,(H2,50,64)(H2,51,65)(H2,52,66)(H,56,68)(H,57,70)(H,58,73)(H,59,67)(H,60,71)(H,61,69)(H,62,72)(H4,53,54,55)/t29-,30+,31-,32-,33-,34-,35-,36-/m0/s1. The van der Waals surface area contributed by atoms with Crippen LogP contribution in [0.5, 0.6) is 0 Å². The molecule has 0 bridgehead atoms. The van der Waals surface area contributed by atoms with E-state index in [0.717, 1.165) is 32.7 Å². The lowest BCUT2D eigenvalue weighted by Gasteiger charge is -2.31. The monoisotopic (exact) mass is 1100 g/mol. The molecule has 2 saturated heterocycles. The number of rotatable bonds is 20. The van der Waals surface area contributed by atoms with Gasteiger partial charge in [0.2, 0.25) is 65.0 Å². The molecule has 8 atom stereocenters. The molecule has 0 aromatic heterocycles. The number of aryl methyl sites for hydroxylation is 1. The van der Waals surface area contributed by atoms with E-state index in [0.29, 0.717) is 18.4 Å². The molecule has 2 aliphatic rings. The van der Waals surface area contributed by atoms with E-state index in [9.17, 15) is 52.7 Å². The molecule has 19 N–H and O–H groups in total. The summed E-state index contributed by atoms with van der Waals surface area (Å²) in [4.78, 5) is 154. The number of carbonyl (C=O) groups is 11. The van der Waals surface area contributed by atoms with E-state index >= 15 is 0 Å². The fraction of sp³-hybridized carbons (Fsp3) is 0.500. The third-order valence-corrected chi connectivity index (χ3v) is 14.6. The van der Waals surface area contributed by atoms with Crippen LogP contribution in [0.1, 0.15) is 68.6 Å². The minimum Gasteiger partial charge on any atom is -0.370 e. The van der Waals surface area contributed by atoms with Crippen LogP contribution in [0.4, 0.5) is 0 Å². The Morgan fingerprint density at radius 2 is 1.30 bits per heavy atom. The number of primary amides is 3. The van der Waals surface area contributed by atoms with E-state index < -0.39 is 139 Å². The van der Waals surface area contributed by atoms with Crippen LogP contribution in [-0.4, -0.2) is 155 Å². The molecule has 2 aromatic carbocycles. The number of likely N-dealkylation sites (tertiary alicyclic amines) is 1. The quantitative estimate of drug-likeness (QED) is 0.0257. The highest BCUT2D eigenvalue weighted by Crippen LogP contribution is 2.26. The molecular formula is C48H69N15O11S2. The summed E-state index contributed by atoms with van der Waals surface area (Å²) in [5, 5.41) is 18.0. The van der Waals surface area contributed by atoms with Crippen molar-refractivity contribution in [2.45, 2.75) is 119 Å². The zero-order valence-electron chi connectivity index (χ0n) is 42.1. The second-order valence-electron chi connectivity index (χ2n) is 18.1. The Hall–Kier alpha value is -7.46. The Labute approximate surface area is 447 Å². The topological polar surface area (TPSA) is 444 Å². The van der Waals surface area contributed by atoms with E-state index in [4.69, 9.17) is 34.4 Å². The Balaban J connectivity index is 1.72. The highest BCUT2D eigenvalue weighted by molar-refractivity contribution is 8.76. The van der Waals surface area contributed by atoms with Crippen molar-refractivity contribution in [2.24, 2.45) is 39.4 Å². The van der Waals surface area contributed by atoms with Gasteiger partial charge in [-0.25, -0.2) is 0 Å². The third kappa shape index (κ3) is 20.0. The number of guanidine groups is 1. The molecule has 0 unspecified atom stereocenters. The summed E-state index contributed by atoms with van der Waals surface area (Å²) in [6.45, 7) is 1.51. The summed E-state index contributed by atoms with van der Waals surface area (Å²) in [7, 11) is 2.05. The summed E-state index contributed by atoms with van der Waals surface area (Å²) >= 11 is 0. The van der Waals surface area contributed by atoms with Crippen LogP contribution in [0.3, 0.4) is 0 Å². The van der Waals surface area contributed by atoms with Crippen LogP contribution in [0, 0.1) is 0 Å². The van der Waals surface area contributed by atoms with E-state index in [1.54, 1.807) is 42.5 Å². The molecule has 11 amide bonds. The second-order valence-corrected chi connectivity index (χ2v) is 20.6. The Morgan fingerprint density at radius 1 is 0.711 bits per heavy atom. The van der Waals surface area contributed by atoms with Crippen molar-refractivity contribution in [2.75, 3.05) is 31.1 Å². The molecule has 2 aromatic rings. The fourth-order valence-electron chi connectivity index (χ4n) is 8.25. The summed E-state index contributed by atoms with van der Waals surface area (Å²) in [6.07, 6.45) is -0.535. The van der Waals surface area contributed by atoms with Crippen LogP contribution in [0.15, 0.2) is 59.6 Å². The van der Waals surface area contributed by atoms with Gasteiger partial charge in [-0.05, 0) is 55.2 Å². The lowest BCUT2D eigenvalue weighted by atomic mass is 9.97. The zero-order chi connectivity index (χ0) is 55.9. The number of amides is 11. The smallest absolute Gasteiger partial charge is 0.246 e. The number of hydrogen-bond acceptors (Lipinski definition) is 15. The van der Waals surface area contributed by atoms with Gasteiger partial charge in [0.25, 0.3) is 0 Å². The van der Waals surface area contributed by atoms with Gasteiger partial charge in [-0.1, -0.05) is 83.1 Å². The molecule has 28 heteroatoms. The molecule has 2 aliphatic heterocycles. The van der Waals surface area contributed by atoms with Crippen LogP contribution >= 0.6 is 21.6 Å². The predicted molar refractivity (Wildman–Crippen MR) is 283 cm³/mol. The van der Waals surface area contributed by atoms with Crippen molar-refractivity contribution >= 4 is 92.5 Å². The average Bonchev–Trinajstić information content (AvgIpc) is 3.88. The van der Waals surface area contributed by atoms with Crippen molar-refractivity contribution in [1.82, 2.24) is 42.1 Å². The second kappa shape index (κ2) is 30.8. The van der Waals surface area contributed by atoms with Crippen LogP contribution in [0.25, 0.3) is 0 Å². The van der Waals surface area contributed by atoms with Crippen molar-refractivity contribution in [1.29, 1.82) is 0 Å². The normalized spacial score (nSPS) is 22.5. The molecule has 2 fully saturated rings. The van der Waals surface area contributed by atoms with Gasteiger partial charge in [-0.15, -0.1) is 0 Å². The van der Waals surface area contributed by atoms with Crippen molar-refractivity contribution in [3.63, 3.8) is 0 Å². The Bertz CT molecular complexity index is 2450. The minimum absolute atomic E-state index is 0.00939. The largest absolute Gasteiger partial charge is 0.370 e. The number of benzene rings is 2. The maximum Gasteiger partial charge on any atom is 0.246 e. The predicted octanol–water partition coefficient (Wildman–Crippen LogP) is -4.55. The number of aliphatic imine (C=N–C) groups is 1. The maximum atomic E-state index is 14.6. The zero-order valence-corrected chi connectivity index (χ0v) is 43.7. The van der Waals surface area contributed by atoms with E-state index in [2.05, 4.69) is 42.2 Å². The van der Waals surface area contributed by atoms with Crippen LogP contribution in [0.2, 0.25) is 0 Å². The summed E-state index contributed by atoms with van der Waals surface area (Å²) in [5.74, 6) is -10.1. The maximum absolute atomic E-state index is 14.6. The Morgan fingerprint density at radius 3 is 1.95 bits per heavy atom. The van der Waals surface area contributed by atoms with Gasteiger partial charge in [0.15, 0.2) is 5.96 Å². The van der Waals surface area contributed by atoms with E-state index in [-0.39, 0.29) is 62.7 Å². The van der Waals surface area contributed by atoms with Crippen molar-refractivity contribution in [3.8, 4) is 0 Å². The van der Waals surface area contributed by atoms with Gasteiger partial charge in [-0.2, -0.15) is 0 Å². The number of nitrogens with one attached hydrogen (secondary N) is 7. The molecule has 0 aliphatic carbocycles. The number of hydrogen-bond donors (Lipinski definition) is 13. The first-order valence-corrected chi connectivity index (χ1v) is 27.1. The summed E-state index contributed by atoms with van der Waals surface area (Å²) < 4.78 is 0. The highest BCUT2D eigenvalue weighted by atomic mass is 33.1. The lowest BCUT2D eigenvalue weighted by molar-refractivity contribution is -0.142. The first-order chi connectivity index (χ1) is 36.2. The lowest BCUT2D eigenvalue weighted by Crippen LogP contribution is -2.61. The molecule has 414 valence electrons. The first-order valence-electron chi connectivity index (χ1n) is 24.6. The molecule has 0 spiro atoms.